The molecular formula is C9H19N3O2. The lowest BCUT2D eigenvalue weighted by Crippen LogP contribution is -2.55. The average Bonchev–Trinajstić information content (AvgIpc) is 2.15. The molecule has 0 aromatic carbocycles. The van der Waals surface area contributed by atoms with Crippen molar-refractivity contribution >= 4 is 5.91 Å². The normalized spacial score (nSPS) is 31.4. The van der Waals surface area contributed by atoms with Gasteiger partial charge in [0.15, 0.2) is 0 Å². The summed E-state index contributed by atoms with van der Waals surface area (Å²) in [5, 5.41) is 0. The number of ether oxygens (including phenoxy) is 1. The number of carbonyl (C=O) groups excluding carboxylic acids is 1. The lowest BCUT2D eigenvalue weighted by atomic mass is 10.1. The second-order valence-electron chi connectivity index (χ2n) is 3.84. The van der Waals surface area contributed by atoms with Crippen molar-refractivity contribution in [3.05, 3.63) is 0 Å². The monoisotopic (exact) mass is 201 g/mol. The van der Waals surface area contributed by atoms with Crippen molar-refractivity contribution in [3.8, 4) is 0 Å². The van der Waals surface area contributed by atoms with E-state index in [-0.39, 0.29) is 24.2 Å². The highest BCUT2D eigenvalue weighted by molar-refractivity contribution is 5.79. The summed E-state index contributed by atoms with van der Waals surface area (Å²) in [4.78, 5) is 13.0. The van der Waals surface area contributed by atoms with Gasteiger partial charge >= 0.3 is 0 Å². The van der Waals surface area contributed by atoms with E-state index in [0.29, 0.717) is 13.1 Å². The summed E-state index contributed by atoms with van der Waals surface area (Å²) in [6.07, 6.45) is 0.125. The zero-order valence-corrected chi connectivity index (χ0v) is 8.77. The second kappa shape index (κ2) is 4.72. The highest BCUT2D eigenvalue weighted by Gasteiger charge is 2.29. The lowest BCUT2D eigenvalue weighted by Gasteiger charge is -2.38. The molecule has 0 bridgehead atoms. The van der Waals surface area contributed by atoms with Crippen LogP contribution in [0.5, 0.6) is 0 Å². The summed E-state index contributed by atoms with van der Waals surface area (Å²) in [6, 6.07) is -0.240. The molecule has 4 N–H and O–H groups in total. The smallest absolute Gasteiger partial charge is 0.234 e. The van der Waals surface area contributed by atoms with Crippen LogP contribution in [0.2, 0.25) is 0 Å². The molecule has 5 nitrogen and oxygen atoms in total. The first-order chi connectivity index (χ1) is 6.54. The average molecular weight is 201 g/mol. The second-order valence-corrected chi connectivity index (χ2v) is 3.84. The molecular weight excluding hydrogens is 182 g/mol. The van der Waals surface area contributed by atoms with Crippen molar-refractivity contribution in [2.45, 2.75) is 32.1 Å². The summed E-state index contributed by atoms with van der Waals surface area (Å²) in [7, 11) is 0. The third-order valence-electron chi connectivity index (χ3n) is 2.58. The molecule has 1 fully saturated rings. The van der Waals surface area contributed by atoms with Gasteiger partial charge in [0.05, 0.1) is 18.2 Å². The summed E-state index contributed by atoms with van der Waals surface area (Å²) in [5.74, 6) is -0.296. The Morgan fingerprint density at radius 2 is 2.29 bits per heavy atom. The molecule has 0 saturated carbocycles. The highest BCUT2D eigenvalue weighted by Crippen LogP contribution is 2.12. The quantitative estimate of drug-likeness (QED) is 0.608. The zero-order valence-electron chi connectivity index (χ0n) is 8.77. The highest BCUT2D eigenvalue weighted by atomic mass is 16.5. The molecule has 1 saturated heterocycles. The van der Waals surface area contributed by atoms with Crippen LogP contribution >= 0.6 is 0 Å². The van der Waals surface area contributed by atoms with Crippen molar-refractivity contribution in [2.24, 2.45) is 11.5 Å². The molecule has 14 heavy (non-hydrogen) atoms. The number of primary amides is 1. The molecule has 3 unspecified atom stereocenters. The number of rotatable bonds is 3. The van der Waals surface area contributed by atoms with Crippen LogP contribution in [0, 0.1) is 0 Å². The summed E-state index contributed by atoms with van der Waals surface area (Å²) in [6.45, 7) is 5.69. The minimum atomic E-state index is -0.296. The molecule has 1 heterocycles. The summed E-state index contributed by atoms with van der Waals surface area (Å²) >= 11 is 0. The number of nitrogens with two attached hydrogens (primary N) is 2. The Balaban J connectivity index is 2.56. The molecule has 0 aromatic rings. The molecule has 1 rings (SSSR count). The summed E-state index contributed by atoms with van der Waals surface area (Å²) < 4.78 is 5.58. The van der Waals surface area contributed by atoms with Crippen LogP contribution in [0.25, 0.3) is 0 Å². The lowest BCUT2D eigenvalue weighted by molar-refractivity contribution is -0.129. The molecule has 1 aliphatic rings. The number of amides is 1. The van der Waals surface area contributed by atoms with E-state index in [1.807, 2.05) is 18.7 Å². The van der Waals surface area contributed by atoms with Crippen molar-refractivity contribution in [2.75, 3.05) is 19.6 Å². The van der Waals surface area contributed by atoms with E-state index >= 15 is 0 Å². The van der Waals surface area contributed by atoms with Crippen LogP contribution in [0.15, 0.2) is 0 Å². The van der Waals surface area contributed by atoms with Gasteiger partial charge in [0.25, 0.3) is 0 Å². The fraction of sp³-hybridized carbons (Fsp3) is 0.889. The largest absolute Gasteiger partial charge is 0.371 e. The number of nitrogens with zero attached hydrogens (tertiary/aromatic N) is 1. The standard InChI is InChI=1S/C9H19N3O2/c1-6-4-12(7(2)9(11)13)5-8(3-10)14-6/h6-8H,3-5,10H2,1-2H3,(H2,11,13). The molecule has 1 amide bonds. The maximum absolute atomic E-state index is 11.0. The van der Waals surface area contributed by atoms with Crippen LogP contribution < -0.4 is 11.5 Å². The van der Waals surface area contributed by atoms with Crippen LogP contribution in [0.4, 0.5) is 0 Å². The molecule has 5 heteroatoms. The molecule has 3 atom stereocenters. The van der Waals surface area contributed by atoms with Gasteiger partial charge in [0.2, 0.25) is 5.91 Å². The SMILES string of the molecule is CC1CN(C(C)C(N)=O)CC(CN)O1. The van der Waals surface area contributed by atoms with E-state index in [9.17, 15) is 4.79 Å². The van der Waals surface area contributed by atoms with Gasteiger partial charge in [0.1, 0.15) is 0 Å². The van der Waals surface area contributed by atoms with E-state index in [1.54, 1.807) is 0 Å². The van der Waals surface area contributed by atoms with E-state index < -0.39 is 0 Å². The molecule has 0 radical (unpaired) electrons. The third-order valence-corrected chi connectivity index (χ3v) is 2.58. The van der Waals surface area contributed by atoms with E-state index in [2.05, 4.69) is 0 Å². The van der Waals surface area contributed by atoms with Crippen molar-refractivity contribution < 1.29 is 9.53 Å². The van der Waals surface area contributed by atoms with Gasteiger partial charge in [-0.1, -0.05) is 0 Å². The third kappa shape index (κ3) is 2.67. The van der Waals surface area contributed by atoms with Crippen molar-refractivity contribution in [1.29, 1.82) is 0 Å². The van der Waals surface area contributed by atoms with Gasteiger partial charge in [0, 0.05) is 19.6 Å². The predicted molar refractivity (Wildman–Crippen MR) is 53.6 cm³/mol. The van der Waals surface area contributed by atoms with Crippen LogP contribution in [0.1, 0.15) is 13.8 Å². The van der Waals surface area contributed by atoms with E-state index in [1.165, 1.54) is 0 Å². The Morgan fingerprint density at radius 3 is 2.79 bits per heavy atom. The molecule has 82 valence electrons. The maximum atomic E-state index is 11.0. The minimum Gasteiger partial charge on any atom is -0.371 e. The zero-order chi connectivity index (χ0) is 10.7. The van der Waals surface area contributed by atoms with E-state index in [0.717, 1.165) is 6.54 Å². The fourth-order valence-corrected chi connectivity index (χ4v) is 1.71. The van der Waals surface area contributed by atoms with Gasteiger partial charge < -0.3 is 16.2 Å². The van der Waals surface area contributed by atoms with Crippen molar-refractivity contribution in [1.82, 2.24) is 4.90 Å². The molecule has 1 aliphatic heterocycles. The first kappa shape index (κ1) is 11.4. The Morgan fingerprint density at radius 1 is 1.64 bits per heavy atom. The summed E-state index contributed by atoms with van der Waals surface area (Å²) in [5.41, 5.74) is 10.8. The Bertz CT molecular complexity index is 210. The molecule has 0 aromatic heterocycles. The van der Waals surface area contributed by atoms with Crippen LogP contribution in [-0.4, -0.2) is 48.7 Å². The number of hydrogen-bond acceptors (Lipinski definition) is 4. The Labute approximate surface area is 84.4 Å². The van der Waals surface area contributed by atoms with Gasteiger partial charge in [-0.3, -0.25) is 9.69 Å². The molecule has 0 aliphatic carbocycles. The topological polar surface area (TPSA) is 81.6 Å². The van der Waals surface area contributed by atoms with Gasteiger partial charge in [-0.05, 0) is 13.8 Å². The van der Waals surface area contributed by atoms with Crippen molar-refractivity contribution in [3.63, 3.8) is 0 Å². The first-order valence-corrected chi connectivity index (χ1v) is 4.93. The maximum Gasteiger partial charge on any atom is 0.234 e. The van der Waals surface area contributed by atoms with Gasteiger partial charge in [-0.2, -0.15) is 0 Å². The number of carbonyl (C=O) groups is 1. The Kier molecular flexibility index (Phi) is 3.86. The van der Waals surface area contributed by atoms with Gasteiger partial charge in [-0.25, -0.2) is 0 Å². The van der Waals surface area contributed by atoms with Crippen LogP contribution in [0.3, 0.4) is 0 Å². The Hall–Kier alpha value is -0.650. The van der Waals surface area contributed by atoms with Gasteiger partial charge in [-0.15, -0.1) is 0 Å². The predicted octanol–water partition coefficient (Wildman–Crippen LogP) is -1.09. The fourth-order valence-electron chi connectivity index (χ4n) is 1.71. The number of morpholine rings is 1. The first-order valence-electron chi connectivity index (χ1n) is 4.93. The van der Waals surface area contributed by atoms with E-state index in [4.69, 9.17) is 16.2 Å². The number of hydrogen-bond donors (Lipinski definition) is 2. The minimum absolute atomic E-state index is 0.0144. The molecule has 0 spiro atoms. The van der Waals surface area contributed by atoms with Crippen LogP contribution in [-0.2, 0) is 9.53 Å².